The molecule has 0 saturated carbocycles. The number of aliphatic hydroxyl groups is 5. The molecule has 0 aromatic heterocycles. The highest BCUT2D eigenvalue weighted by atomic mass is 16.7. The third kappa shape index (κ3) is 41.3. The van der Waals surface area contributed by atoms with Crippen molar-refractivity contribution in [2.24, 2.45) is 0 Å². The summed E-state index contributed by atoms with van der Waals surface area (Å²) in [5.41, 5.74) is 0. The molecule has 6 N–H and O–H groups in total. The van der Waals surface area contributed by atoms with Gasteiger partial charge in [0, 0.05) is 6.42 Å². The van der Waals surface area contributed by atoms with Gasteiger partial charge in [0.15, 0.2) is 6.29 Å². The van der Waals surface area contributed by atoms with E-state index >= 15 is 0 Å². The third-order valence-corrected chi connectivity index (χ3v) is 12.7. The smallest absolute Gasteiger partial charge is 0.220 e. The van der Waals surface area contributed by atoms with Gasteiger partial charge in [0.25, 0.3) is 0 Å². The highest BCUT2D eigenvalue weighted by Gasteiger charge is 2.44. The van der Waals surface area contributed by atoms with Gasteiger partial charge in [-0.2, -0.15) is 0 Å². The molecule has 9 heteroatoms. The maximum atomic E-state index is 13.0. The first-order chi connectivity index (χ1) is 35.8. The lowest BCUT2D eigenvalue weighted by Crippen LogP contribution is -2.60. The summed E-state index contributed by atoms with van der Waals surface area (Å²) < 4.78 is 11.2. The van der Waals surface area contributed by atoms with Gasteiger partial charge in [0.1, 0.15) is 24.4 Å². The van der Waals surface area contributed by atoms with Crippen molar-refractivity contribution in [1.82, 2.24) is 5.32 Å². The minimum absolute atomic E-state index is 0.198. The second-order valence-corrected chi connectivity index (χ2v) is 19.4. The minimum Gasteiger partial charge on any atom is -0.394 e. The Hall–Kier alpha value is -3.67. The molecule has 73 heavy (non-hydrogen) atoms. The van der Waals surface area contributed by atoms with Crippen LogP contribution in [0.15, 0.2) is 134 Å². The predicted octanol–water partition coefficient (Wildman–Crippen LogP) is 14.5. The zero-order valence-corrected chi connectivity index (χ0v) is 45.8. The Morgan fingerprint density at radius 3 is 1.26 bits per heavy atom. The number of ether oxygens (including phenoxy) is 2. The number of allylic oxidation sites excluding steroid dienone is 21. The molecule has 0 bridgehead atoms. The Morgan fingerprint density at radius 2 is 0.849 bits per heavy atom. The molecule has 0 aromatic rings. The van der Waals surface area contributed by atoms with Crippen molar-refractivity contribution in [2.75, 3.05) is 13.2 Å². The van der Waals surface area contributed by atoms with Crippen molar-refractivity contribution < 1.29 is 39.8 Å². The maximum Gasteiger partial charge on any atom is 0.220 e. The Kier molecular flexibility index (Phi) is 47.8. The van der Waals surface area contributed by atoms with Gasteiger partial charge in [0.05, 0.1) is 25.4 Å². The van der Waals surface area contributed by atoms with Gasteiger partial charge < -0.3 is 40.3 Å². The van der Waals surface area contributed by atoms with E-state index < -0.39 is 49.5 Å². The van der Waals surface area contributed by atoms with E-state index in [2.05, 4.69) is 141 Å². The fourth-order valence-corrected chi connectivity index (χ4v) is 8.18. The van der Waals surface area contributed by atoms with Crippen LogP contribution in [0.2, 0.25) is 0 Å². The Balaban J connectivity index is 2.20. The van der Waals surface area contributed by atoms with Gasteiger partial charge in [0.2, 0.25) is 5.91 Å². The van der Waals surface area contributed by atoms with E-state index in [1.54, 1.807) is 6.08 Å². The van der Waals surface area contributed by atoms with Gasteiger partial charge in [-0.05, 0) is 96.3 Å². The second-order valence-electron chi connectivity index (χ2n) is 19.4. The first kappa shape index (κ1) is 67.3. The molecule has 0 aliphatic carbocycles. The van der Waals surface area contributed by atoms with Gasteiger partial charge in [-0.15, -0.1) is 0 Å². The number of hydrogen-bond acceptors (Lipinski definition) is 8. The van der Waals surface area contributed by atoms with Crippen LogP contribution >= 0.6 is 0 Å². The normalized spacial score (nSPS) is 20.1. The Bertz CT molecular complexity index is 1600. The summed E-state index contributed by atoms with van der Waals surface area (Å²) in [6.07, 6.45) is 72.3. The van der Waals surface area contributed by atoms with Crippen LogP contribution in [-0.2, 0) is 14.3 Å². The van der Waals surface area contributed by atoms with Crippen molar-refractivity contribution in [1.29, 1.82) is 0 Å². The fourth-order valence-electron chi connectivity index (χ4n) is 8.18. The summed E-state index contributed by atoms with van der Waals surface area (Å²) in [5, 5.41) is 54.4. The van der Waals surface area contributed by atoms with Crippen LogP contribution in [-0.4, -0.2) is 87.5 Å². The summed E-state index contributed by atoms with van der Waals surface area (Å²) in [6, 6.07) is -0.822. The molecule has 1 fully saturated rings. The highest BCUT2D eigenvalue weighted by Crippen LogP contribution is 2.23. The molecule has 0 aromatic carbocycles. The zero-order valence-electron chi connectivity index (χ0n) is 45.8. The first-order valence-corrected chi connectivity index (χ1v) is 28.9. The number of unbranched alkanes of at least 4 members (excludes halogenated alkanes) is 17. The van der Waals surface area contributed by atoms with Crippen LogP contribution in [0, 0.1) is 0 Å². The minimum atomic E-state index is -1.58. The van der Waals surface area contributed by atoms with Crippen LogP contribution in [0.4, 0.5) is 0 Å². The van der Waals surface area contributed by atoms with E-state index in [9.17, 15) is 30.3 Å². The topological polar surface area (TPSA) is 149 Å². The van der Waals surface area contributed by atoms with Crippen molar-refractivity contribution in [3.8, 4) is 0 Å². The Labute approximate surface area is 445 Å². The summed E-state index contributed by atoms with van der Waals surface area (Å²) in [6.45, 7) is 3.63. The lowest BCUT2D eigenvalue weighted by Gasteiger charge is -2.40. The molecule has 0 radical (unpaired) electrons. The van der Waals surface area contributed by atoms with Crippen LogP contribution in [0.25, 0.3) is 0 Å². The number of carbonyl (C=O) groups is 1. The van der Waals surface area contributed by atoms with E-state index in [-0.39, 0.29) is 12.5 Å². The molecule has 414 valence electrons. The molecule has 1 rings (SSSR count). The van der Waals surface area contributed by atoms with E-state index in [0.717, 1.165) is 128 Å². The summed E-state index contributed by atoms with van der Waals surface area (Å²) in [7, 11) is 0. The molecule has 7 atom stereocenters. The number of rotatable bonds is 47. The zero-order chi connectivity index (χ0) is 52.9. The van der Waals surface area contributed by atoms with E-state index in [0.29, 0.717) is 6.42 Å². The molecule has 1 heterocycles. The molecule has 1 aliphatic heterocycles. The molecule has 1 saturated heterocycles. The molecule has 7 unspecified atom stereocenters. The maximum absolute atomic E-state index is 13.0. The van der Waals surface area contributed by atoms with Crippen LogP contribution in [0.1, 0.15) is 206 Å². The highest BCUT2D eigenvalue weighted by molar-refractivity contribution is 5.76. The SMILES string of the molecule is CC/C=C\C/C=C\C/C=C\C/C=C\C/C=C\C/C=C\C/C=C\C/C=C\C/C=C\C/C=C\CCCCCCCCC(=O)NC(COC1OC(CO)C(O)C(O)C1O)C(O)/C=C/CCCCCCCCCCCCC. The number of carbonyl (C=O) groups excluding carboxylic acids is 1. The molecule has 0 spiro atoms. The average Bonchev–Trinajstić information content (AvgIpc) is 3.39. The molecular formula is C64H105NO8. The van der Waals surface area contributed by atoms with E-state index in [1.807, 2.05) is 6.08 Å². The van der Waals surface area contributed by atoms with Crippen molar-refractivity contribution in [3.63, 3.8) is 0 Å². The molecule has 9 nitrogen and oxygen atoms in total. The molecule has 1 amide bonds. The summed E-state index contributed by atoms with van der Waals surface area (Å²) in [5.74, 6) is -0.198. The molecular weight excluding hydrogens is 911 g/mol. The monoisotopic (exact) mass is 1020 g/mol. The quantitative estimate of drug-likeness (QED) is 0.0261. The van der Waals surface area contributed by atoms with Crippen molar-refractivity contribution in [3.05, 3.63) is 134 Å². The fraction of sp³-hybridized carbons (Fsp3) is 0.641. The van der Waals surface area contributed by atoms with Crippen molar-refractivity contribution >= 4 is 5.91 Å². The standard InChI is InChI=1S/C64H105NO8/c1-3-5-7-9-11-13-15-17-18-19-20-21-22-23-24-25-26-27-28-29-30-31-32-33-34-35-36-37-38-39-40-42-44-46-48-50-52-54-60(68)65-57(56-72-64-63(71)62(70)61(69)59(55-66)73-64)58(67)53-51-49-47-45-43-41-16-14-12-10-8-6-4-2/h5,7,11,13,17-18,20-21,23-24,26-27,29-30,32-33,35-36,38-39,51,53,57-59,61-64,66-67,69-71H,3-4,6,8-10,12,14-16,19,22,25,28,31,34,37,40-50,52,54-56H2,1-2H3,(H,65,68)/b7-5-,13-11-,18-17-,21-20-,24-23-,27-26-,30-29-,33-32-,36-35-,39-38-,53-51+. The average molecular weight is 1020 g/mol. The lowest BCUT2D eigenvalue weighted by atomic mass is 9.99. The van der Waals surface area contributed by atoms with Gasteiger partial charge >= 0.3 is 0 Å². The van der Waals surface area contributed by atoms with Crippen LogP contribution in [0.5, 0.6) is 0 Å². The second kappa shape index (κ2) is 51.8. The Morgan fingerprint density at radius 1 is 0.479 bits per heavy atom. The van der Waals surface area contributed by atoms with Gasteiger partial charge in [-0.3, -0.25) is 4.79 Å². The first-order valence-electron chi connectivity index (χ1n) is 28.9. The number of aliphatic hydroxyl groups excluding tert-OH is 5. The van der Waals surface area contributed by atoms with Crippen molar-refractivity contribution in [2.45, 2.75) is 249 Å². The third-order valence-electron chi connectivity index (χ3n) is 12.7. The van der Waals surface area contributed by atoms with Gasteiger partial charge in [-0.1, -0.05) is 237 Å². The van der Waals surface area contributed by atoms with Gasteiger partial charge in [-0.25, -0.2) is 0 Å². The number of nitrogens with one attached hydrogen (secondary N) is 1. The number of amides is 1. The van der Waals surface area contributed by atoms with E-state index in [4.69, 9.17) is 9.47 Å². The van der Waals surface area contributed by atoms with E-state index in [1.165, 1.54) is 57.8 Å². The summed E-state index contributed by atoms with van der Waals surface area (Å²) >= 11 is 0. The van der Waals surface area contributed by atoms with Crippen LogP contribution < -0.4 is 5.32 Å². The largest absolute Gasteiger partial charge is 0.394 e. The molecule has 1 aliphatic rings. The predicted molar refractivity (Wildman–Crippen MR) is 308 cm³/mol. The lowest BCUT2D eigenvalue weighted by molar-refractivity contribution is -0.302. The summed E-state index contributed by atoms with van der Waals surface area (Å²) in [4.78, 5) is 13.0. The van der Waals surface area contributed by atoms with Crippen LogP contribution in [0.3, 0.4) is 0 Å². The number of hydrogen-bond donors (Lipinski definition) is 6.